The molecule has 3 aromatic carbocycles. The van der Waals surface area contributed by atoms with Crippen molar-refractivity contribution in [1.29, 1.82) is 0 Å². The van der Waals surface area contributed by atoms with Crippen LogP contribution in [0.25, 0.3) is 6.08 Å². The molecule has 7 nitrogen and oxygen atoms in total. The van der Waals surface area contributed by atoms with E-state index in [1.807, 2.05) is 39.0 Å². The van der Waals surface area contributed by atoms with E-state index in [1.54, 1.807) is 30.3 Å². The number of aryl methyl sites for hydroxylation is 3. The van der Waals surface area contributed by atoms with E-state index in [0.29, 0.717) is 5.56 Å². The summed E-state index contributed by atoms with van der Waals surface area (Å²) in [5.41, 5.74) is 3.62. The number of carbonyl (C=O) groups excluding carboxylic acids is 2. The van der Waals surface area contributed by atoms with Gasteiger partial charge in [-0.1, -0.05) is 42.0 Å². The summed E-state index contributed by atoms with van der Waals surface area (Å²) in [5, 5.41) is -0.361. The molecular formula is C27H25NO6S2. The van der Waals surface area contributed by atoms with Crippen LogP contribution >= 0.6 is 11.8 Å². The molecule has 186 valence electrons. The summed E-state index contributed by atoms with van der Waals surface area (Å²) in [6, 6.07) is 18.5. The molecule has 1 fully saturated rings. The first kappa shape index (κ1) is 25.5. The average Bonchev–Trinajstić information content (AvgIpc) is 3.10. The predicted molar refractivity (Wildman–Crippen MR) is 140 cm³/mol. The molecule has 1 aliphatic rings. The molecule has 9 heteroatoms. The van der Waals surface area contributed by atoms with Crippen molar-refractivity contribution in [2.45, 2.75) is 25.7 Å². The summed E-state index contributed by atoms with van der Waals surface area (Å²) >= 11 is 0.857. The Morgan fingerprint density at radius 3 is 2.25 bits per heavy atom. The van der Waals surface area contributed by atoms with E-state index in [2.05, 4.69) is 0 Å². The quantitative estimate of drug-likeness (QED) is 0.285. The highest BCUT2D eigenvalue weighted by molar-refractivity contribution is 8.18. The third-order valence-corrected chi connectivity index (χ3v) is 7.65. The molecule has 0 aromatic heterocycles. The monoisotopic (exact) mass is 523 g/mol. The largest absolute Gasteiger partial charge is 0.491 e. The number of carbonyl (C=O) groups is 2. The first-order valence-electron chi connectivity index (χ1n) is 11.2. The SMILES string of the molecule is Cc1ccc(S(=O)(=O)Oc2ccc(/C=C3\SC(=O)N(CCOc4cc(C)ccc4C)C3=O)cc2)cc1. The maximum absolute atomic E-state index is 12.8. The average molecular weight is 524 g/mol. The van der Waals surface area contributed by atoms with Crippen LogP contribution in [0.3, 0.4) is 0 Å². The number of benzene rings is 3. The Bertz CT molecular complexity index is 1430. The lowest BCUT2D eigenvalue weighted by molar-refractivity contribution is -0.123. The van der Waals surface area contributed by atoms with E-state index in [1.165, 1.54) is 24.3 Å². The van der Waals surface area contributed by atoms with Gasteiger partial charge in [0.15, 0.2) is 0 Å². The van der Waals surface area contributed by atoms with Gasteiger partial charge < -0.3 is 8.92 Å². The van der Waals surface area contributed by atoms with Crippen molar-refractivity contribution in [2.75, 3.05) is 13.2 Å². The van der Waals surface area contributed by atoms with E-state index in [0.717, 1.165) is 39.1 Å². The maximum Gasteiger partial charge on any atom is 0.339 e. The molecule has 1 heterocycles. The third kappa shape index (κ3) is 5.98. The van der Waals surface area contributed by atoms with Gasteiger partial charge in [-0.05, 0) is 85.6 Å². The molecule has 0 saturated carbocycles. The van der Waals surface area contributed by atoms with Crippen LogP contribution in [0, 0.1) is 20.8 Å². The second-order valence-corrected chi connectivity index (χ2v) is 10.9. The van der Waals surface area contributed by atoms with E-state index in [9.17, 15) is 18.0 Å². The summed E-state index contributed by atoms with van der Waals surface area (Å²) in [7, 11) is -3.96. The van der Waals surface area contributed by atoms with Crippen LogP contribution in [0.1, 0.15) is 22.3 Å². The molecule has 0 aliphatic carbocycles. The van der Waals surface area contributed by atoms with Crippen molar-refractivity contribution in [3.63, 3.8) is 0 Å². The fourth-order valence-electron chi connectivity index (χ4n) is 3.45. The fourth-order valence-corrected chi connectivity index (χ4v) is 5.25. The number of imide groups is 1. The van der Waals surface area contributed by atoms with Gasteiger partial charge in [-0.25, -0.2) is 0 Å². The molecule has 3 aromatic rings. The van der Waals surface area contributed by atoms with Gasteiger partial charge in [0.2, 0.25) is 0 Å². The van der Waals surface area contributed by atoms with Gasteiger partial charge in [0, 0.05) is 0 Å². The Kier molecular flexibility index (Phi) is 7.51. The zero-order chi connectivity index (χ0) is 25.9. The number of rotatable bonds is 8. The fraction of sp³-hybridized carbons (Fsp3) is 0.185. The van der Waals surface area contributed by atoms with Crippen LogP contribution in [0.2, 0.25) is 0 Å². The van der Waals surface area contributed by atoms with E-state index in [-0.39, 0.29) is 33.9 Å². The van der Waals surface area contributed by atoms with Crippen LogP contribution in [0.15, 0.2) is 76.5 Å². The van der Waals surface area contributed by atoms with Crippen LogP contribution in [-0.2, 0) is 14.9 Å². The van der Waals surface area contributed by atoms with Crippen molar-refractivity contribution in [3.05, 3.63) is 93.9 Å². The molecule has 36 heavy (non-hydrogen) atoms. The molecular weight excluding hydrogens is 498 g/mol. The molecule has 1 aliphatic heterocycles. The molecule has 0 spiro atoms. The minimum atomic E-state index is -3.96. The lowest BCUT2D eigenvalue weighted by atomic mass is 10.1. The van der Waals surface area contributed by atoms with Crippen molar-refractivity contribution in [3.8, 4) is 11.5 Å². The van der Waals surface area contributed by atoms with Gasteiger partial charge in [-0.3, -0.25) is 14.5 Å². The standard InChI is InChI=1S/C27H25NO6S2/c1-18-5-12-23(13-6-18)36(31,32)34-22-10-8-21(9-11-22)17-25-26(29)28(27(30)35-25)14-15-33-24-16-19(2)4-7-20(24)3/h4-13,16-17H,14-15H2,1-3H3/b25-17-. The Morgan fingerprint density at radius 1 is 0.889 bits per heavy atom. The molecule has 0 radical (unpaired) electrons. The van der Waals surface area contributed by atoms with Gasteiger partial charge >= 0.3 is 10.1 Å². The zero-order valence-corrected chi connectivity index (χ0v) is 21.7. The Hall–Kier alpha value is -3.56. The van der Waals surface area contributed by atoms with Crippen molar-refractivity contribution in [1.82, 2.24) is 4.90 Å². The number of hydrogen-bond acceptors (Lipinski definition) is 7. The first-order chi connectivity index (χ1) is 17.1. The first-order valence-corrected chi connectivity index (χ1v) is 13.4. The van der Waals surface area contributed by atoms with Crippen molar-refractivity contribution in [2.24, 2.45) is 0 Å². The molecule has 4 rings (SSSR count). The summed E-state index contributed by atoms with van der Waals surface area (Å²) in [6.45, 7) is 6.10. The van der Waals surface area contributed by atoms with Gasteiger partial charge in [-0.2, -0.15) is 8.42 Å². The van der Waals surface area contributed by atoms with Crippen LogP contribution < -0.4 is 8.92 Å². The van der Waals surface area contributed by atoms with Gasteiger partial charge in [0.25, 0.3) is 11.1 Å². The van der Waals surface area contributed by atoms with Crippen LogP contribution in [0.4, 0.5) is 4.79 Å². The highest BCUT2D eigenvalue weighted by Crippen LogP contribution is 2.32. The molecule has 0 unspecified atom stereocenters. The van der Waals surface area contributed by atoms with Gasteiger partial charge in [-0.15, -0.1) is 0 Å². The number of thioether (sulfide) groups is 1. The summed E-state index contributed by atoms with van der Waals surface area (Å²) < 4.78 is 35.9. The second kappa shape index (κ2) is 10.6. The van der Waals surface area contributed by atoms with Gasteiger partial charge in [0.1, 0.15) is 23.0 Å². The highest BCUT2D eigenvalue weighted by Gasteiger charge is 2.34. The number of nitrogens with zero attached hydrogens (tertiary/aromatic N) is 1. The molecule has 0 bridgehead atoms. The lowest BCUT2D eigenvalue weighted by Gasteiger charge is -2.14. The Labute approximate surface area is 214 Å². The maximum atomic E-state index is 12.8. The predicted octanol–water partition coefficient (Wildman–Crippen LogP) is 5.49. The molecule has 0 atom stereocenters. The van der Waals surface area contributed by atoms with Crippen molar-refractivity contribution >= 4 is 39.1 Å². The summed E-state index contributed by atoms with van der Waals surface area (Å²) in [4.78, 5) is 26.7. The van der Waals surface area contributed by atoms with Crippen molar-refractivity contribution < 1.29 is 26.9 Å². The van der Waals surface area contributed by atoms with Gasteiger partial charge in [0.05, 0.1) is 11.4 Å². The Morgan fingerprint density at radius 2 is 1.56 bits per heavy atom. The van der Waals surface area contributed by atoms with E-state index in [4.69, 9.17) is 8.92 Å². The topological polar surface area (TPSA) is 90.0 Å². The number of amides is 2. The van der Waals surface area contributed by atoms with E-state index >= 15 is 0 Å². The molecule has 2 amide bonds. The normalized spacial score (nSPS) is 15.0. The lowest BCUT2D eigenvalue weighted by Crippen LogP contribution is -2.32. The highest BCUT2D eigenvalue weighted by atomic mass is 32.2. The van der Waals surface area contributed by atoms with E-state index < -0.39 is 16.0 Å². The molecule has 0 N–H and O–H groups in total. The zero-order valence-electron chi connectivity index (χ0n) is 20.1. The smallest absolute Gasteiger partial charge is 0.339 e. The van der Waals surface area contributed by atoms with Crippen LogP contribution in [0.5, 0.6) is 11.5 Å². The minimum absolute atomic E-state index is 0.0624. The second-order valence-electron chi connectivity index (χ2n) is 8.37. The number of ether oxygens (including phenoxy) is 1. The molecule has 1 saturated heterocycles. The summed E-state index contributed by atoms with van der Waals surface area (Å²) in [6.07, 6.45) is 1.59. The third-order valence-electron chi connectivity index (χ3n) is 5.48. The number of hydrogen-bond donors (Lipinski definition) is 0. The summed E-state index contributed by atoms with van der Waals surface area (Å²) in [5.74, 6) is 0.477. The Balaban J connectivity index is 1.38. The minimum Gasteiger partial charge on any atom is -0.491 e. The van der Waals surface area contributed by atoms with Crippen LogP contribution in [-0.4, -0.2) is 37.6 Å².